The van der Waals surface area contributed by atoms with E-state index in [0.717, 1.165) is 0 Å². The Hall–Kier alpha value is -3.66. The molecule has 2 aromatic heterocycles. The Morgan fingerprint density at radius 2 is 1.23 bits per heavy atom. The summed E-state index contributed by atoms with van der Waals surface area (Å²) < 4.78 is 1.70. The van der Waals surface area contributed by atoms with Gasteiger partial charge in [0.05, 0.1) is 16.8 Å². The molecule has 0 aliphatic rings. The van der Waals surface area contributed by atoms with Gasteiger partial charge in [0.1, 0.15) is 5.69 Å². The van der Waals surface area contributed by atoms with Crippen molar-refractivity contribution in [1.29, 1.82) is 0 Å². The average molecular weight is 340 g/mol. The number of carbonyl (C=O) groups excluding carboxylic acids is 2. The number of rotatable bonds is 4. The van der Waals surface area contributed by atoms with E-state index in [1.54, 1.807) is 65.2 Å². The summed E-state index contributed by atoms with van der Waals surface area (Å²) in [7, 11) is 0. The smallest absolute Gasteiger partial charge is 0.211 e. The van der Waals surface area contributed by atoms with Crippen LogP contribution in [0.4, 0.5) is 5.69 Å². The number of carbonyl (C=O) groups is 2. The largest absolute Gasteiger partial charge is 0.396 e. The van der Waals surface area contributed by atoms with Gasteiger partial charge in [-0.25, -0.2) is 0 Å². The molecular weight excluding hydrogens is 324 g/mol. The highest BCUT2D eigenvalue weighted by Crippen LogP contribution is 2.30. The molecule has 4 heteroatoms. The van der Waals surface area contributed by atoms with E-state index in [2.05, 4.69) is 0 Å². The van der Waals surface area contributed by atoms with E-state index in [9.17, 15) is 9.59 Å². The standard InChI is InChI=1S/C22H16N2O2/c23-19-18(21(25)15-9-3-1-4-10-15)17-13-7-8-14-24(17)20(19)22(26)16-11-5-2-6-12-16/h1-14H,23H2. The summed E-state index contributed by atoms with van der Waals surface area (Å²) in [6.07, 6.45) is 1.75. The van der Waals surface area contributed by atoms with Crippen LogP contribution in [0.3, 0.4) is 0 Å². The first-order valence-corrected chi connectivity index (χ1v) is 8.26. The van der Waals surface area contributed by atoms with Gasteiger partial charge in [-0.3, -0.25) is 9.59 Å². The zero-order chi connectivity index (χ0) is 18.1. The Labute approximate surface area is 150 Å². The topological polar surface area (TPSA) is 64.6 Å². The van der Waals surface area contributed by atoms with Gasteiger partial charge in [-0.2, -0.15) is 0 Å². The Balaban J connectivity index is 1.95. The summed E-state index contributed by atoms with van der Waals surface area (Å²) in [4.78, 5) is 26.1. The second-order valence-electron chi connectivity index (χ2n) is 5.98. The predicted octanol–water partition coefficient (Wildman–Crippen LogP) is 3.98. The van der Waals surface area contributed by atoms with Gasteiger partial charge in [-0.1, -0.05) is 66.7 Å². The summed E-state index contributed by atoms with van der Waals surface area (Å²) in [5, 5.41) is 0. The first-order valence-electron chi connectivity index (χ1n) is 8.26. The minimum atomic E-state index is -0.212. The quantitative estimate of drug-likeness (QED) is 0.571. The highest BCUT2D eigenvalue weighted by molar-refractivity contribution is 6.22. The van der Waals surface area contributed by atoms with Crippen LogP contribution in [0, 0.1) is 0 Å². The van der Waals surface area contributed by atoms with E-state index in [0.29, 0.717) is 27.9 Å². The van der Waals surface area contributed by atoms with Gasteiger partial charge in [0.15, 0.2) is 5.78 Å². The summed E-state index contributed by atoms with van der Waals surface area (Å²) >= 11 is 0. The molecule has 2 N–H and O–H groups in total. The van der Waals surface area contributed by atoms with Crippen LogP contribution in [-0.4, -0.2) is 16.0 Å². The van der Waals surface area contributed by atoms with E-state index in [4.69, 9.17) is 5.73 Å². The second-order valence-corrected chi connectivity index (χ2v) is 5.98. The number of nitrogen functional groups attached to an aromatic ring is 1. The lowest BCUT2D eigenvalue weighted by atomic mass is 10.0. The third-order valence-corrected chi connectivity index (χ3v) is 4.40. The van der Waals surface area contributed by atoms with Crippen molar-refractivity contribution in [2.45, 2.75) is 0 Å². The monoisotopic (exact) mass is 340 g/mol. The number of anilines is 1. The second kappa shape index (κ2) is 6.33. The molecule has 2 heterocycles. The number of nitrogens with two attached hydrogens (primary N) is 1. The van der Waals surface area contributed by atoms with Crippen LogP contribution >= 0.6 is 0 Å². The van der Waals surface area contributed by atoms with Crippen molar-refractivity contribution in [1.82, 2.24) is 4.40 Å². The van der Waals surface area contributed by atoms with Crippen LogP contribution in [0.2, 0.25) is 0 Å². The van der Waals surface area contributed by atoms with E-state index < -0.39 is 0 Å². The molecule has 0 saturated heterocycles. The number of hydrogen-bond acceptors (Lipinski definition) is 3. The Bertz CT molecular complexity index is 1020. The fraction of sp³-hybridized carbons (Fsp3) is 0. The molecule has 0 radical (unpaired) electrons. The highest BCUT2D eigenvalue weighted by atomic mass is 16.1. The molecule has 4 nitrogen and oxygen atoms in total. The number of pyridine rings is 1. The third-order valence-electron chi connectivity index (χ3n) is 4.40. The molecule has 4 rings (SSSR count). The first-order chi connectivity index (χ1) is 12.7. The molecule has 0 bridgehead atoms. The normalized spacial score (nSPS) is 10.8. The van der Waals surface area contributed by atoms with E-state index >= 15 is 0 Å². The van der Waals surface area contributed by atoms with Gasteiger partial charge in [0.25, 0.3) is 0 Å². The summed E-state index contributed by atoms with van der Waals surface area (Å²) in [6.45, 7) is 0. The lowest BCUT2D eigenvalue weighted by Crippen LogP contribution is -2.09. The van der Waals surface area contributed by atoms with E-state index in [1.807, 2.05) is 24.3 Å². The van der Waals surface area contributed by atoms with Crippen LogP contribution in [0.5, 0.6) is 0 Å². The van der Waals surface area contributed by atoms with Gasteiger partial charge in [-0.15, -0.1) is 0 Å². The molecule has 0 spiro atoms. The highest BCUT2D eigenvalue weighted by Gasteiger charge is 2.26. The number of benzene rings is 2. The van der Waals surface area contributed by atoms with E-state index in [-0.39, 0.29) is 17.3 Å². The minimum absolute atomic E-state index is 0.195. The SMILES string of the molecule is Nc1c(C(=O)c2ccccc2)c2ccccn2c1C(=O)c1ccccc1. The van der Waals surface area contributed by atoms with Crippen LogP contribution in [0.25, 0.3) is 5.52 Å². The van der Waals surface area contributed by atoms with Gasteiger partial charge >= 0.3 is 0 Å². The van der Waals surface area contributed by atoms with Crippen molar-refractivity contribution in [2.75, 3.05) is 5.73 Å². The lowest BCUT2D eigenvalue weighted by molar-refractivity contribution is 0.103. The Morgan fingerprint density at radius 1 is 0.692 bits per heavy atom. The molecule has 26 heavy (non-hydrogen) atoms. The molecule has 2 aromatic carbocycles. The lowest BCUT2D eigenvalue weighted by Gasteiger charge is -2.03. The van der Waals surface area contributed by atoms with Crippen LogP contribution in [0.1, 0.15) is 32.0 Å². The van der Waals surface area contributed by atoms with Crippen molar-refractivity contribution in [3.05, 3.63) is 107 Å². The maximum absolute atomic E-state index is 13.0. The molecule has 0 aliphatic heterocycles. The molecule has 0 unspecified atom stereocenters. The van der Waals surface area contributed by atoms with Crippen LogP contribution < -0.4 is 5.73 Å². The maximum atomic E-state index is 13.0. The number of ketones is 2. The molecule has 0 atom stereocenters. The minimum Gasteiger partial charge on any atom is -0.396 e. The summed E-state index contributed by atoms with van der Waals surface area (Å²) in [6, 6.07) is 23.3. The van der Waals surface area contributed by atoms with Gasteiger partial charge in [0.2, 0.25) is 5.78 Å². The zero-order valence-electron chi connectivity index (χ0n) is 13.9. The first kappa shape index (κ1) is 15.8. The maximum Gasteiger partial charge on any atom is 0.211 e. The third kappa shape index (κ3) is 2.48. The number of fused-ring (bicyclic) bond motifs is 1. The van der Waals surface area contributed by atoms with Gasteiger partial charge in [-0.05, 0) is 12.1 Å². The van der Waals surface area contributed by atoms with Crippen LogP contribution in [0.15, 0.2) is 85.1 Å². The van der Waals surface area contributed by atoms with Crippen molar-refractivity contribution in [2.24, 2.45) is 0 Å². The van der Waals surface area contributed by atoms with E-state index in [1.165, 1.54) is 0 Å². The van der Waals surface area contributed by atoms with Gasteiger partial charge < -0.3 is 10.1 Å². The summed E-state index contributed by atoms with van der Waals surface area (Å²) in [5.74, 6) is -0.407. The Kier molecular flexibility index (Phi) is 3.86. The molecule has 0 fully saturated rings. The fourth-order valence-corrected chi connectivity index (χ4v) is 3.16. The van der Waals surface area contributed by atoms with Crippen molar-refractivity contribution >= 4 is 22.8 Å². The van der Waals surface area contributed by atoms with Crippen LogP contribution in [-0.2, 0) is 0 Å². The molecule has 0 amide bonds. The van der Waals surface area contributed by atoms with Crippen molar-refractivity contribution in [3.63, 3.8) is 0 Å². The molecule has 126 valence electrons. The summed E-state index contributed by atoms with van der Waals surface area (Å²) in [5.41, 5.74) is 8.89. The molecule has 0 aliphatic carbocycles. The van der Waals surface area contributed by atoms with Gasteiger partial charge in [0, 0.05) is 17.3 Å². The molecule has 0 saturated carbocycles. The Morgan fingerprint density at radius 3 is 1.85 bits per heavy atom. The number of aromatic nitrogens is 1. The zero-order valence-corrected chi connectivity index (χ0v) is 13.9. The molecule has 4 aromatic rings. The number of nitrogens with zero attached hydrogens (tertiary/aromatic N) is 1. The average Bonchev–Trinajstić information content (AvgIpc) is 3.00. The molecular formula is C22H16N2O2. The van der Waals surface area contributed by atoms with Crippen molar-refractivity contribution < 1.29 is 9.59 Å². The number of hydrogen-bond donors (Lipinski definition) is 1. The predicted molar refractivity (Wildman–Crippen MR) is 102 cm³/mol. The van der Waals surface area contributed by atoms with Crippen molar-refractivity contribution in [3.8, 4) is 0 Å². The fourth-order valence-electron chi connectivity index (χ4n) is 3.16.